The topological polar surface area (TPSA) is 98.5 Å². The molecule has 104 valence electrons. The molecule has 2 aliphatic heterocycles. The minimum absolute atomic E-state index is 0.0583. The quantitative estimate of drug-likeness (QED) is 0.621. The number of aromatic nitrogens is 2. The lowest BCUT2D eigenvalue weighted by Crippen LogP contribution is -2.52. The molecule has 1 aromatic heterocycles. The number of rotatable bonds is 2. The fourth-order valence-corrected chi connectivity index (χ4v) is 2.94. The third kappa shape index (κ3) is 2.36. The lowest BCUT2D eigenvalue weighted by atomic mass is 10.1. The summed E-state index contributed by atoms with van der Waals surface area (Å²) < 4.78 is 0. The molecule has 2 fully saturated rings. The van der Waals surface area contributed by atoms with Gasteiger partial charge in [-0.25, -0.2) is 0 Å². The van der Waals surface area contributed by atoms with E-state index in [2.05, 4.69) is 15.1 Å². The lowest BCUT2D eigenvalue weighted by Gasteiger charge is -2.36. The maximum absolute atomic E-state index is 12.3. The number of H-pyrrole nitrogens is 1. The van der Waals surface area contributed by atoms with Crippen molar-refractivity contribution >= 4 is 5.91 Å². The minimum Gasteiger partial charge on any atom is -0.392 e. The summed E-state index contributed by atoms with van der Waals surface area (Å²) in [6.45, 7) is 3.25. The first-order chi connectivity index (χ1) is 9.17. The van der Waals surface area contributed by atoms with Crippen molar-refractivity contribution in [3.63, 3.8) is 0 Å². The number of carbonyl (C=O) groups is 1. The van der Waals surface area contributed by atoms with Gasteiger partial charge in [-0.3, -0.25) is 14.8 Å². The standard InChI is InChI=1S/C12H19N5O2/c13-5-8-3-11(15-14-8)12(19)17-2-1-16-7-10(18)4-9(16)6-17/h3,9-10,18H,1-2,4-7,13H2,(H,14,15)/t9-,10+/m0/s1. The molecular formula is C12H19N5O2. The van der Waals surface area contributed by atoms with Crippen LogP contribution in [0.25, 0.3) is 0 Å². The molecule has 3 heterocycles. The molecule has 1 amide bonds. The largest absolute Gasteiger partial charge is 0.392 e. The van der Waals surface area contributed by atoms with Crippen molar-refractivity contribution in [1.82, 2.24) is 20.0 Å². The van der Waals surface area contributed by atoms with Gasteiger partial charge in [0.1, 0.15) is 5.69 Å². The number of hydrogen-bond donors (Lipinski definition) is 3. The molecule has 2 aliphatic rings. The average Bonchev–Trinajstić information content (AvgIpc) is 3.01. The molecular weight excluding hydrogens is 246 g/mol. The van der Waals surface area contributed by atoms with E-state index >= 15 is 0 Å². The van der Waals surface area contributed by atoms with E-state index in [0.717, 1.165) is 25.2 Å². The smallest absolute Gasteiger partial charge is 0.274 e. The summed E-state index contributed by atoms with van der Waals surface area (Å²) in [6.07, 6.45) is 0.493. The molecule has 4 N–H and O–H groups in total. The maximum Gasteiger partial charge on any atom is 0.274 e. The van der Waals surface area contributed by atoms with Crippen LogP contribution in [0.1, 0.15) is 22.6 Å². The molecule has 0 bridgehead atoms. The number of hydrogen-bond acceptors (Lipinski definition) is 5. The maximum atomic E-state index is 12.3. The van der Waals surface area contributed by atoms with Crippen molar-refractivity contribution in [3.05, 3.63) is 17.5 Å². The van der Waals surface area contributed by atoms with Crippen LogP contribution in [0.2, 0.25) is 0 Å². The molecule has 2 atom stereocenters. The highest BCUT2D eigenvalue weighted by atomic mass is 16.3. The number of nitrogens with one attached hydrogen (secondary N) is 1. The van der Waals surface area contributed by atoms with Crippen LogP contribution in [0.4, 0.5) is 0 Å². The molecule has 19 heavy (non-hydrogen) atoms. The highest BCUT2D eigenvalue weighted by molar-refractivity contribution is 5.92. The molecule has 0 spiro atoms. The van der Waals surface area contributed by atoms with Crippen molar-refractivity contribution < 1.29 is 9.90 Å². The number of fused-ring (bicyclic) bond motifs is 1. The number of nitrogens with two attached hydrogens (primary N) is 1. The number of amides is 1. The number of carbonyl (C=O) groups excluding carboxylic acids is 1. The van der Waals surface area contributed by atoms with E-state index < -0.39 is 0 Å². The second-order valence-electron chi connectivity index (χ2n) is 5.27. The molecule has 2 saturated heterocycles. The zero-order chi connectivity index (χ0) is 13.4. The van der Waals surface area contributed by atoms with Crippen molar-refractivity contribution in [1.29, 1.82) is 0 Å². The van der Waals surface area contributed by atoms with Gasteiger partial charge in [0.15, 0.2) is 0 Å². The van der Waals surface area contributed by atoms with Gasteiger partial charge in [-0.05, 0) is 12.5 Å². The Labute approximate surface area is 111 Å². The Hall–Kier alpha value is -1.44. The van der Waals surface area contributed by atoms with Crippen LogP contribution in [0.3, 0.4) is 0 Å². The van der Waals surface area contributed by atoms with Gasteiger partial charge in [-0.15, -0.1) is 0 Å². The Morgan fingerprint density at radius 2 is 2.37 bits per heavy atom. The number of piperazine rings is 1. The minimum atomic E-state index is -0.255. The summed E-state index contributed by atoms with van der Waals surface area (Å²) in [5.41, 5.74) is 6.68. The van der Waals surface area contributed by atoms with Gasteiger partial charge < -0.3 is 15.7 Å². The van der Waals surface area contributed by atoms with Gasteiger partial charge in [-0.1, -0.05) is 0 Å². The Kier molecular flexibility index (Phi) is 3.26. The Morgan fingerprint density at radius 1 is 1.53 bits per heavy atom. The molecule has 0 unspecified atom stereocenters. The highest BCUT2D eigenvalue weighted by Gasteiger charge is 2.37. The molecule has 0 saturated carbocycles. The highest BCUT2D eigenvalue weighted by Crippen LogP contribution is 2.22. The van der Waals surface area contributed by atoms with E-state index in [1.54, 1.807) is 6.07 Å². The second-order valence-corrected chi connectivity index (χ2v) is 5.27. The first-order valence-electron chi connectivity index (χ1n) is 6.63. The SMILES string of the molecule is NCc1cc(C(=O)N2CCN3C[C@H](O)C[C@H]3C2)n[nH]1. The van der Waals surface area contributed by atoms with Gasteiger partial charge in [0.2, 0.25) is 0 Å². The van der Waals surface area contributed by atoms with Crippen LogP contribution in [0.15, 0.2) is 6.07 Å². The van der Waals surface area contributed by atoms with Crippen LogP contribution in [-0.4, -0.2) is 69.3 Å². The number of aromatic amines is 1. The number of aliphatic hydroxyl groups excluding tert-OH is 1. The van der Waals surface area contributed by atoms with Crippen molar-refractivity contribution in [2.45, 2.75) is 25.1 Å². The van der Waals surface area contributed by atoms with E-state index in [0.29, 0.717) is 25.3 Å². The Bertz CT molecular complexity index is 474. The average molecular weight is 265 g/mol. The van der Waals surface area contributed by atoms with E-state index in [1.807, 2.05) is 4.90 Å². The first kappa shape index (κ1) is 12.6. The van der Waals surface area contributed by atoms with Crippen molar-refractivity contribution in [3.8, 4) is 0 Å². The van der Waals surface area contributed by atoms with E-state index in [4.69, 9.17) is 5.73 Å². The van der Waals surface area contributed by atoms with E-state index in [1.165, 1.54) is 0 Å². The molecule has 0 aliphatic carbocycles. The predicted octanol–water partition coefficient (Wildman–Crippen LogP) is -1.24. The van der Waals surface area contributed by atoms with Crippen LogP contribution < -0.4 is 5.73 Å². The van der Waals surface area contributed by atoms with Gasteiger partial charge >= 0.3 is 0 Å². The number of aliphatic hydroxyl groups is 1. The molecule has 0 aromatic carbocycles. The van der Waals surface area contributed by atoms with Gasteiger partial charge in [0, 0.05) is 44.5 Å². The van der Waals surface area contributed by atoms with Crippen LogP contribution in [0, 0.1) is 0 Å². The van der Waals surface area contributed by atoms with E-state index in [-0.39, 0.29) is 18.1 Å². The van der Waals surface area contributed by atoms with Gasteiger partial charge in [0.25, 0.3) is 5.91 Å². The summed E-state index contributed by atoms with van der Waals surface area (Å²) in [5, 5.41) is 16.4. The molecule has 7 heteroatoms. The zero-order valence-electron chi connectivity index (χ0n) is 10.7. The van der Waals surface area contributed by atoms with Crippen molar-refractivity contribution in [2.75, 3.05) is 26.2 Å². The molecule has 3 rings (SSSR count). The third-order valence-electron chi connectivity index (χ3n) is 3.95. The summed E-state index contributed by atoms with van der Waals surface area (Å²) in [6, 6.07) is 1.98. The zero-order valence-corrected chi connectivity index (χ0v) is 10.7. The summed E-state index contributed by atoms with van der Waals surface area (Å²) in [7, 11) is 0. The van der Waals surface area contributed by atoms with Crippen LogP contribution in [-0.2, 0) is 6.54 Å². The van der Waals surface area contributed by atoms with E-state index in [9.17, 15) is 9.90 Å². The van der Waals surface area contributed by atoms with Gasteiger partial charge in [0.05, 0.1) is 6.10 Å². The summed E-state index contributed by atoms with van der Waals surface area (Å²) in [5.74, 6) is -0.0583. The fourth-order valence-electron chi connectivity index (χ4n) is 2.94. The molecule has 7 nitrogen and oxygen atoms in total. The molecule has 1 aromatic rings. The third-order valence-corrected chi connectivity index (χ3v) is 3.95. The van der Waals surface area contributed by atoms with Crippen molar-refractivity contribution in [2.24, 2.45) is 5.73 Å². The second kappa shape index (κ2) is 4.92. The van der Waals surface area contributed by atoms with Gasteiger partial charge in [-0.2, -0.15) is 5.10 Å². The monoisotopic (exact) mass is 265 g/mol. The Balaban J connectivity index is 1.68. The Morgan fingerprint density at radius 3 is 3.11 bits per heavy atom. The molecule has 0 radical (unpaired) electrons. The summed E-state index contributed by atoms with van der Waals surface area (Å²) >= 11 is 0. The van der Waals surface area contributed by atoms with Crippen LogP contribution >= 0.6 is 0 Å². The normalized spacial score (nSPS) is 27.6. The number of nitrogens with zero attached hydrogens (tertiary/aromatic N) is 3. The van der Waals surface area contributed by atoms with Crippen LogP contribution in [0.5, 0.6) is 0 Å². The predicted molar refractivity (Wildman–Crippen MR) is 68.4 cm³/mol. The summed E-state index contributed by atoms with van der Waals surface area (Å²) in [4.78, 5) is 16.4. The fraction of sp³-hybridized carbons (Fsp3) is 0.667. The lowest BCUT2D eigenvalue weighted by molar-refractivity contribution is 0.0564. The first-order valence-corrected chi connectivity index (χ1v) is 6.63.